The summed E-state index contributed by atoms with van der Waals surface area (Å²) in [6.07, 6.45) is 5.25. The Bertz CT molecular complexity index is 935. The maximum atomic E-state index is 12.7. The number of carbonyl (C=O) groups excluding carboxylic acids is 1. The minimum absolute atomic E-state index is 0.0642. The normalized spacial score (nSPS) is 16.3. The molecule has 8 heteroatoms. The molecule has 1 aromatic carbocycles. The van der Waals surface area contributed by atoms with E-state index in [0.717, 1.165) is 44.0 Å². The molecule has 1 saturated heterocycles. The molecule has 0 saturated carbocycles. The number of nitrogens with one attached hydrogen (secondary N) is 1. The third kappa shape index (κ3) is 4.12. The summed E-state index contributed by atoms with van der Waals surface area (Å²) in [6, 6.07) is 7.61. The van der Waals surface area contributed by atoms with Gasteiger partial charge in [-0.2, -0.15) is 0 Å². The molecule has 3 aromatic rings. The van der Waals surface area contributed by atoms with E-state index in [9.17, 15) is 4.79 Å². The van der Waals surface area contributed by atoms with Gasteiger partial charge in [0.1, 0.15) is 6.33 Å². The zero-order valence-corrected chi connectivity index (χ0v) is 15.2. The van der Waals surface area contributed by atoms with Crippen molar-refractivity contribution in [2.45, 2.75) is 13.0 Å². The number of amides is 1. The van der Waals surface area contributed by atoms with Gasteiger partial charge in [0, 0.05) is 49.2 Å². The molecule has 8 nitrogen and oxygen atoms in total. The summed E-state index contributed by atoms with van der Waals surface area (Å²) in [6.45, 7) is 6.19. The zero-order chi connectivity index (χ0) is 18.6. The lowest BCUT2D eigenvalue weighted by molar-refractivity contribution is 0.0342. The van der Waals surface area contributed by atoms with Gasteiger partial charge in [-0.1, -0.05) is 12.1 Å². The van der Waals surface area contributed by atoms with Crippen molar-refractivity contribution in [3.05, 3.63) is 48.5 Å². The standard InChI is InChI=1S/C19H22N6O2/c1-14(11-24-5-7-27-8-6-24)22-18(26)16-4-2-3-15(9-16)17-10-20-19-23-21-13-25(19)12-17/h2-4,9-10,12-14H,5-8,11H2,1H3,(H,22,26). The minimum atomic E-state index is -0.0732. The van der Waals surface area contributed by atoms with Gasteiger partial charge < -0.3 is 10.1 Å². The molecule has 1 aliphatic rings. The SMILES string of the molecule is CC(CN1CCOCC1)NC(=O)c1cccc(-c2cnc3nncn3c2)c1. The van der Waals surface area contributed by atoms with Crippen molar-refractivity contribution in [2.75, 3.05) is 32.8 Å². The molecule has 1 aliphatic heterocycles. The first-order valence-electron chi connectivity index (χ1n) is 9.06. The Morgan fingerprint density at radius 2 is 2.15 bits per heavy atom. The average Bonchev–Trinajstić information content (AvgIpc) is 3.16. The van der Waals surface area contributed by atoms with Crippen LogP contribution in [0.2, 0.25) is 0 Å². The number of aromatic nitrogens is 4. The van der Waals surface area contributed by atoms with Crippen LogP contribution >= 0.6 is 0 Å². The minimum Gasteiger partial charge on any atom is -0.379 e. The van der Waals surface area contributed by atoms with Gasteiger partial charge in [0.25, 0.3) is 11.7 Å². The molecule has 0 radical (unpaired) electrons. The number of hydrogen-bond donors (Lipinski definition) is 1. The van der Waals surface area contributed by atoms with E-state index < -0.39 is 0 Å². The Labute approximate surface area is 157 Å². The fourth-order valence-corrected chi connectivity index (χ4v) is 3.24. The molecule has 0 spiro atoms. The van der Waals surface area contributed by atoms with E-state index in [1.54, 1.807) is 16.9 Å². The highest BCUT2D eigenvalue weighted by Gasteiger charge is 2.16. The molecule has 2 aromatic heterocycles. The van der Waals surface area contributed by atoms with Crippen molar-refractivity contribution < 1.29 is 9.53 Å². The van der Waals surface area contributed by atoms with Crippen molar-refractivity contribution in [3.63, 3.8) is 0 Å². The summed E-state index contributed by atoms with van der Waals surface area (Å²) in [4.78, 5) is 19.2. The quantitative estimate of drug-likeness (QED) is 0.731. The summed E-state index contributed by atoms with van der Waals surface area (Å²) < 4.78 is 7.12. The van der Waals surface area contributed by atoms with Crippen LogP contribution in [-0.2, 0) is 4.74 Å². The fourth-order valence-electron chi connectivity index (χ4n) is 3.24. The predicted octanol–water partition coefficient (Wildman–Crippen LogP) is 1.24. The molecule has 0 bridgehead atoms. The maximum Gasteiger partial charge on any atom is 0.254 e. The van der Waals surface area contributed by atoms with Gasteiger partial charge in [0.2, 0.25) is 0 Å². The van der Waals surface area contributed by atoms with Crippen LogP contribution in [-0.4, -0.2) is 69.3 Å². The van der Waals surface area contributed by atoms with Gasteiger partial charge in [0.05, 0.1) is 13.2 Å². The lowest BCUT2D eigenvalue weighted by atomic mass is 10.1. The molecule has 1 amide bonds. The molecule has 1 fully saturated rings. The Kier molecular flexibility index (Phi) is 5.08. The summed E-state index contributed by atoms with van der Waals surface area (Å²) in [5, 5.41) is 10.8. The van der Waals surface area contributed by atoms with Crippen LogP contribution in [0, 0.1) is 0 Å². The van der Waals surface area contributed by atoms with Crippen molar-refractivity contribution in [1.29, 1.82) is 0 Å². The summed E-state index contributed by atoms with van der Waals surface area (Å²) in [5.74, 6) is 0.473. The lowest BCUT2D eigenvalue weighted by Crippen LogP contribution is -2.46. The van der Waals surface area contributed by atoms with Gasteiger partial charge in [-0.25, -0.2) is 4.98 Å². The number of rotatable bonds is 5. The van der Waals surface area contributed by atoms with Crippen molar-refractivity contribution >= 4 is 11.7 Å². The lowest BCUT2D eigenvalue weighted by Gasteiger charge is -2.29. The van der Waals surface area contributed by atoms with E-state index in [1.807, 2.05) is 37.4 Å². The number of ether oxygens (including phenoxy) is 1. The van der Waals surface area contributed by atoms with Crippen LogP contribution in [0.5, 0.6) is 0 Å². The molecular weight excluding hydrogens is 344 g/mol. The average molecular weight is 366 g/mol. The van der Waals surface area contributed by atoms with E-state index >= 15 is 0 Å². The van der Waals surface area contributed by atoms with Crippen molar-refractivity contribution in [2.24, 2.45) is 0 Å². The van der Waals surface area contributed by atoms with Crippen LogP contribution in [0.3, 0.4) is 0 Å². The maximum absolute atomic E-state index is 12.7. The number of morpholine rings is 1. The van der Waals surface area contributed by atoms with Crippen LogP contribution in [0.1, 0.15) is 17.3 Å². The van der Waals surface area contributed by atoms with Gasteiger partial charge in [-0.3, -0.25) is 14.1 Å². The second-order valence-electron chi connectivity index (χ2n) is 6.75. The topological polar surface area (TPSA) is 84.6 Å². The van der Waals surface area contributed by atoms with Gasteiger partial charge >= 0.3 is 0 Å². The molecule has 1 N–H and O–H groups in total. The largest absolute Gasteiger partial charge is 0.379 e. The number of hydrogen-bond acceptors (Lipinski definition) is 6. The Morgan fingerprint density at radius 1 is 1.30 bits per heavy atom. The van der Waals surface area contributed by atoms with E-state index in [4.69, 9.17) is 4.74 Å². The fraction of sp³-hybridized carbons (Fsp3) is 0.368. The summed E-state index contributed by atoms with van der Waals surface area (Å²) in [5.41, 5.74) is 2.45. The van der Waals surface area contributed by atoms with Crippen LogP contribution < -0.4 is 5.32 Å². The Balaban J connectivity index is 1.45. The second-order valence-corrected chi connectivity index (χ2v) is 6.75. The number of benzene rings is 1. The molecule has 3 heterocycles. The Morgan fingerprint density at radius 3 is 3.00 bits per heavy atom. The first-order chi connectivity index (χ1) is 13.2. The van der Waals surface area contributed by atoms with E-state index in [2.05, 4.69) is 25.4 Å². The van der Waals surface area contributed by atoms with Crippen LogP contribution in [0.25, 0.3) is 16.9 Å². The summed E-state index contributed by atoms with van der Waals surface area (Å²) in [7, 11) is 0. The van der Waals surface area contributed by atoms with Gasteiger partial charge in [-0.15, -0.1) is 10.2 Å². The van der Waals surface area contributed by atoms with E-state index in [0.29, 0.717) is 11.3 Å². The number of nitrogens with zero attached hydrogens (tertiary/aromatic N) is 5. The molecule has 140 valence electrons. The molecule has 0 aliphatic carbocycles. The molecule has 4 rings (SSSR count). The molecular formula is C19H22N6O2. The van der Waals surface area contributed by atoms with E-state index in [-0.39, 0.29) is 11.9 Å². The highest BCUT2D eigenvalue weighted by molar-refractivity contribution is 5.95. The van der Waals surface area contributed by atoms with Crippen LogP contribution in [0.4, 0.5) is 0 Å². The number of fused-ring (bicyclic) bond motifs is 1. The molecule has 1 unspecified atom stereocenters. The highest BCUT2D eigenvalue weighted by atomic mass is 16.5. The first-order valence-corrected chi connectivity index (χ1v) is 9.06. The van der Waals surface area contributed by atoms with E-state index in [1.165, 1.54) is 0 Å². The van der Waals surface area contributed by atoms with Gasteiger partial charge in [0.15, 0.2) is 0 Å². The summed E-state index contributed by atoms with van der Waals surface area (Å²) >= 11 is 0. The first kappa shape index (κ1) is 17.6. The smallest absolute Gasteiger partial charge is 0.254 e. The second kappa shape index (κ2) is 7.81. The zero-order valence-electron chi connectivity index (χ0n) is 15.2. The molecule has 1 atom stereocenters. The third-order valence-electron chi connectivity index (χ3n) is 4.62. The van der Waals surface area contributed by atoms with Crippen molar-refractivity contribution in [1.82, 2.24) is 29.8 Å². The monoisotopic (exact) mass is 366 g/mol. The van der Waals surface area contributed by atoms with Crippen molar-refractivity contribution in [3.8, 4) is 11.1 Å². The van der Waals surface area contributed by atoms with Gasteiger partial charge in [-0.05, 0) is 24.6 Å². The van der Waals surface area contributed by atoms with Crippen LogP contribution in [0.15, 0.2) is 43.0 Å². The Hall–Kier alpha value is -2.84. The number of carbonyl (C=O) groups is 1. The highest BCUT2D eigenvalue weighted by Crippen LogP contribution is 2.20. The third-order valence-corrected chi connectivity index (χ3v) is 4.62. The predicted molar refractivity (Wildman–Crippen MR) is 100 cm³/mol. The molecule has 27 heavy (non-hydrogen) atoms.